The summed E-state index contributed by atoms with van der Waals surface area (Å²) >= 11 is 0. The fourth-order valence-electron chi connectivity index (χ4n) is 3.75. The van der Waals surface area contributed by atoms with Crippen LogP contribution in [0, 0.1) is 0 Å². The lowest BCUT2D eigenvalue weighted by atomic mass is 10.0. The fourth-order valence-corrected chi connectivity index (χ4v) is 3.75. The van der Waals surface area contributed by atoms with Gasteiger partial charge in [-0.2, -0.15) is 10.2 Å². The summed E-state index contributed by atoms with van der Waals surface area (Å²) in [6, 6.07) is 19.2. The Kier molecular flexibility index (Phi) is 8.45. The van der Waals surface area contributed by atoms with Gasteiger partial charge in [0.1, 0.15) is 5.69 Å². The third-order valence-corrected chi connectivity index (χ3v) is 5.61. The van der Waals surface area contributed by atoms with Crippen molar-refractivity contribution in [1.29, 1.82) is 0 Å². The van der Waals surface area contributed by atoms with E-state index in [1.54, 1.807) is 79.9 Å². The van der Waals surface area contributed by atoms with Crippen molar-refractivity contribution in [3.63, 3.8) is 0 Å². The van der Waals surface area contributed by atoms with Crippen LogP contribution >= 0.6 is 0 Å². The molecule has 0 bridgehead atoms. The molecule has 0 aliphatic carbocycles. The zero-order chi connectivity index (χ0) is 26.9. The Morgan fingerprint density at radius 2 is 1.76 bits per heavy atom. The summed E-state index contributed by atoms with van der Waals surface area (Å²) in [7, 11) is 1.54. The number of hydrazone groups is 1. The van der Waals surface area contributed by atoms with Crippen molar-refractivity contribution < 1.29 is 19.1 Å². The Labute approximate surface area is 218 Å². The first-order valence-electron chi connectivity index (χ1n) is 12.0. The lowest BCUT2D eigenvalue weighted by molar-refractivity contribution is -0.123. The Morgan fingerprint density at radius 1 is 1.03 bits per heavy atom. The fraction of sp³-hybridized carbons (Fsp3) is 0.179. The molecule has 3 N–H and O–H groups in total. The van der Waals surface area contributed by atoms with E-state index in [0.717, 1.165) is 6.42 Å². The molecule has 0 saturated carbocycles. The number of carbonyl (C=O) groups excluding carboxylic acids is 2. The highest BCUT2D eigenvalue weighted by atomic mass is 16.5. The Balaban J connectivity index is 1.61. The van der Waals surface area contributed by atoms with E-state index >= 15 is 0 Å². The summed E-state index contributed by atoms with van der Waals surface area (Å²) in [4.78, 5) is 38.5. The third kappa shape index (κ3) is 6.04. The minimum Gasteiger partial charge on any atom is -0.493 e. The molecule has 1 aromatic heterocycles. The van der Waals surface area contributed by atoms with Gasteiger partial charge in [-0.1, -0.05) is 43.3 Å². The lowest BCUT2D eigenvalue weighted by Gasteiger charge is -2.18. The summed E-state index contributed by atoms with van der Waals surface area (Å²) in [5.74, 6) is 0.00481. The molecule has 1 atom stereocenters. The molecule has 0 aliphatic heterocycles. The standard InChI is InChI=1S/C28H27N5O5/c1-3-15-38-22-14-13-18(16-23(22)37-2)17-29-32-28(36)25(30-26(34)19-9-5-4-6-10-19)24-20-11-7-8-12-21(20)27(35)33-31-24/h4-14,16-17,25H,3,15H2,1-2H3,(H,30,34)(H,32,36)(H,33,35)/b29-17+/t25-/m1/s1. The maximum Gasteiger partial charge on any atom is 0.272 e. The van der Waals surface area contributed by atoms with Crippen LogP contribution < -0.4 is 25.8 Å². The number of nitrogens with zero attached hydrogens (tertiary/aromatic N) is 2. The summed E-state index contributed by atoms with van der Waals surface area (Å²) in [5, 5.41) is 14.0. The van der Waals surface area contributed by atoms with Crippen molar-refractivity contribution in [1.82, 2.24) is 20.9 Å². The zero-order valence-corrected chi connectivity index (χ0v) is 20.9. The first kappa shape index (κ1) is 26.1. The van der Waals surface area contributed by atoms with E-state index in [0.29, 0.717) is 40.0 Å². The SMILES string of the molecule is CCCOc1ccc(/C=N/NC(=O)[C@H](NC(=O)c2ccccc2)c2n[nH]c(=O)c3ccccc23)cc1OC. The molecule has 10 heteroatoms. The van der Waals surface area contributed by atoms with Crippen molar-refractivity contribution >= 4 is 28.8 Å². The highest BCUT2D eigenvalue weighted by Gasteiger charge is 2.27. The summed E-state index contributed by atoms with van der Waals surface area (Å²) in [6.45, 7) is 2.57. The maximum atomic E-state index is 13.3. The number of benzene rings is 3. The number of aromatic nitrogens is 2. The number of ether oxygens (including phenoxy) is 2. The average molecular weight is 514 g/mol. The van der Waals surface area contributed by atoms with E-state index in [2.05, 4.69) is 26.0 Å². The van der Waals surface area contributed by atoms with Gasteiger partial charge in [0.25, 0.3) is 17.4 Å². The van der Waals surface area contributed by atoms with Crippen LogP contribution in [0.25, 0.3) is 10.8 Å². The quantitative estimate of drug-likeness (QED) is 0.220. The van der Waals surface area contributed by atoms with Crippen LogP contribution in [0.15, 0.2) is 82.7 Å². The van der Waals surface area contributed by atoms with Gasteiger partial charge in [-0.25, -0.2) is 10.5 Å². The highest BCUT2D eigenvalue weighted by Crippen LogP contribution is 2.27. The molecule has 2 amide bonds. The van der Waals surface area contributed by atoms with Crippen molar-refractivity contribution in [2.24, 2.45) is 5.10 Å². The molecule has 38 heavy (non-hydrogen) atoms. The van der Waals surface area contributed by atoms with E-state index in [4.69, 9.17) is 9.47 Å². The molecule has 194 valence electrons. The maximum absolute atomic E-state index is 13.3. The largest absolute Gasteiger partial charge is 0.493 e. The predicted octanol–water partition coefficient (Wildman–Crippen LogP) is 3.34. The minimum atomic E-state index is -1.25. The molecular weight excluding hydrogens is 486 g/mol. The first-order valence-corrected chi connectivity index (χ1v) is 12.0. The van der Waals surface area contributed by atoms with Crippen molar-refractivity contribution in [3.8, 4) is 11.5 Å². The van der Waals surface area contributed by atoms with Gasteiger partial charge in [0, 0.05) is 10.9 Å². The molecular formula is C28H27N5O5. The highest BCUT2D eigenvalue weighted by molar-refractivity contribution is 5.99. The normalized spacial score (nSPS) is 11.7. The zero-order valence-electron chi connectivity index (χ0n) is 20.9. The molecule has 4 rings (SSSR count). The van der Waals surface area contributed by atoms with Gasteiger partial charge in [0.05, 0.1) is 25.3 Å². The van der Waals surface area contributed by atoms with Crippen LogP contribution in [0.2, 0.25) is 0 Å². The second-order valence-electron chi connectivity index (χ2n) is 8.25. The Hall–Kier alpha value is -4.99. The van der Waals surface area contributed by atoms with E-state index in [-0.39, 0.29) is 5.69 Å². The number of methoxy groups -OCH3 is 1. The number of carbonyl (C=O) groups is 2. The van der Waals surface area contributed by atoms with Crippen LogP contribution in [-0.2, 0) is 4.79 Å². The Bertz CT molecular complexity index is 1520. The number of amides is 2. The molecule has 10 nitrogen and oxygen atoms in total. The van der Waals surface area contributed by atoms with E-state index in [9.17, 15) is 14.4 Å². The van der Waals surface area contributed by atoms with Crippen LogP contribution in [0.1, 0.15) is 41.0 Å². The molecule has 0 aliphatic rings. The summed E-state index contributed by atoms with van der Waals surface area (Å²) < 4.78 is 11.0. The summed E-state index contributed by atoms with van der Waals surface area (Å²) in [6.07, 6.45) is 2.30. The molecule has 3 aromatic carbocycles. The number of hydrogen-bond donors (Lipinski definition) is 3. The number of nitrogens with one attached hydrogen (secondary N) is 3. The number of H-pyrrole nitrogens is 1. The van der Waals surface area contributed by atoms with Gasteiger partial charge >= 0.3 is 0 Å². The smallest absolute Gasteiger partial charge is 0.272 e. The van der Waals surface area contributed by atoms with Crippen LogP contribution in [0.3, 0.4) is 0 Å². The van der Waals surface area contributed by atoms with Gasteiger partial charge in [-0.15, -0.1) is 0 Å². The van der Waals surface area contributed by atoms with Gasteiger partial charge in [-0.05, 0) is 48.4 Å². The van der Waals surface area contributed by atoms with Gasteiger partial charge in [-0.3, -0.25) is 14.4 Å². The second-order valence-corrected chi connectivity index (χ2v) is 8.25. The van der Waals surface area contributed by atoms with Crippen molar-refractivity contribution in [2.45, 2.75) is 19.4 Å². The average Bonchev–Trinajstić information content (AvgIpc) is 2.96. The molecule has 0 spiro atoms. The lowest BCUT2D eigenvalue weighted by Crippen LogP contribution is -2.40. The van der Waals surface area contributed by atoms with Crippen LogP contribution in [-0.4, -0.2) is 41.9 Å². The molecule has 1 heterocycles. The molecule has 0 unspecified atom stereocenters. The summed E-state index contributed by atoms with van der Waals surface area (Å²) in [5.41, 5.74) is 3.25. The number of hydrogen-bond acceptors (Lipinski definition) is 7. The topological polar surface area (TPSA) is 135 Å². The molecule has 4 aromatic rings. The molecule has 0 saturated heterocycles. The number of rotatable bonds is 10. The van der Waals surface area contributed by atoms with E-state index < -0.39 is 23.4 Å². The second kappa shape index (κ2) is 12.3. The Morgan fingerprint density at radius 3 is 2.50 bits per heavy atom. The van der Waals surface area contributed by atoms with Gasteiger partial charge in [0.15, 0.2) is 17.5 Å². The monoisotopic (exact) mass is 513 g/mol. The first-order chi connectivity index (χ1) is 18.5. The van der Waals surface area contributed by atoms with Crippen molar-refractivity contribution in [2.75, 3.05) is 13.7 Å². The number of fused-ring (bicyclic) bond motifs is 1. The van der Waals surface area contributed by atoms with Gasteiger partial charge in [0.2, 0.25) is 0 Å². The molecule has 0 radical (unpaired) electrons. The van der Waals surface area contributed by atoms with E-state index in [1.807, 2.05) is 6.92 Å². The predicted molar refractivity (Wildman–Crippen MR) is 144 cm³/mol. The van der Waals surface area contributed by atoms with E-state index in [1.165, 1.54) is 6.21 Å². The third-order valence-electron chi connectivity index (χ3n) is 5.61. The minimum absolute atomic E-state index is 0.177. The van der Waals surface area contributed by atoms with Crippen molar-refractivity contribution in [3.05, 3.63) is 100.0 Å². The van der Waals surface area contributed by atoms with Crippen LogP contribution in [0.5, 0.6) is 11.5 Å². The molecule has 0 fully saturated rings. The van der Waals surface area contributed by atoms with Gasteiger partial charge < -0.3 is 14.8 Å². The van der Waals surface area contributed by atoms with Crippen LogP contribution in [0.4, 0.5) is 0 Å². The number of aromatic amines is 1.